The summed E-state index contributed by atoms with van der Waals surface area (Å²) >= 11 is 0. The van der Waals surface area contributed by atoms with Gasteiger partial charge in [0.15, 0.2) is 0 Å². The highest BCUT2D eigenvalue weighted by Gasteiger charge is 2.20. The van der Waals surface area contributed by atoms with Crippen molar-refractivity contribution in [1.82, 2.24) is 5.32 Å². The fourth-order valence-corrected chi connectivity index (χ4v) is 2.23. The molecule has 0 bridgehead atoms. The molecule has 1 amide bonds. The molecule has 5 nitrogen and oxygen atoms in total. The number of carboxylic acid groups (broad SMARTS) is 1. The fraction of sp³-hybridized carbons (Fsp3) is 0.556. The van der Waals surface area contributed by atoms with E-state index in [4.69, 9.17) is 4.74 Å². The van der Waals surface area contributed by atoms with Gasteiger partial charge in [-0.3, -0.25) is 0 Å². The van der Waals surface area contributed by atoms with Crippen LogP contribution in [0.25, 0.3) is 0 Å². The van der Waals surface area contributed by atoms with Gasteiger partial charge in [-0.15, -0.1) is 0 Å². The third-order valence-electron chi connectivity index (χ3n) is 3.09. The SMILES string of the molecule is CC(C)Cc1ccc([C@@H](CC(=O)[O-])NC(=O)OC(C)(C)C)cc1. The van der Waals surface area contributed by atoms with Gasteiger partial charge in [0, 0.05) is 12.4 Å². The first-order valence-corrected chi connectivity index (χ1v) is 7.85. The van der Waals surface area contributed by atoms with E-state index in [0.29, 0.717) is 11.5 Å². The maximum atomic E-state index is 11.9. The summed E-state index contributed by atoms with van der Waals surface area (Å²) in [4.78, 5) is 22.8. The van der Waals surface area contributed by atoms with E-state index in [1.807, 2.05) is 24.3 Å². The number of carbonyl (C=O) groups excluding carboxylic acids is 2. The Kier molecular flexibility index (Phi) is 6.61. The molecule has 0 aromatic heterocycles. The van der Waals surface area contributed by atoms with Gasteiger partial charge in [-0.2, -0.15) is 0 Å². The molecule has 1 atom stereocenters. The molecule has 0 saturated carbocycles. The first-order valence-electron chi connectivity index (χ1n) is 7.85. The molecule has 0 saturated heterocycles. The second kappa shape index (κ2) is 7.99. The van der Waals surface area contributed by atoms with Gasteiger partial charge in [-0.1, -0.05) is 38.1 Å². The van der Waals surface area contributed by atoms with E-state index in [2.05, 4.69) is 19.2 Å². The number of aliphatic carboxylic acids is 1. The molecule has 128 valence electrons. The standard InChI is InChI=1S/C18H27NO4/c1-12(2)10-13-6-8-14(9-7-13)15(11-16(20)21)19-17(22)23-18(3,4)5/h6-9,12,15H,10-11H2,1-5H3,(H,19,22)(H,20,21)/p-1/t15-/m1/s1. The van der Waals surface area contributed by atoms with E-state index in [0.717, 1.165) is 6.42 Å². The van der Waals surface area contributed by atoms with Crippen LogP contribution in [-0.2, 0) is 16.0 Å². The molecule has 0 spiro atoms. The van der Waals surface area contributed by atoms with Crippen molar-refractivity contribution in [2.45, 2.75) is 59.1 Å². The van der Waals surface area contributed by atoms with Crippen LogP contribution in [0.1, 0.15) is 58.2 Å². The zero-order valence-corrected chi connectivity index (χ0v) is 14.5. The lowest BCUT2D eigenvalue weighted by Gasteiger charge is -2.24. The van der Waals surface area contributed by atoms with E-state index in [9.17, 15) is 14.7 Å². The summed E-state index contributed by atoms with van der Waals surface area (Å²) < 4.78 is 5.18. The van der Waals surface area contributed by atoms with Crippen molar-refractivity contribution in [2.75, 3.05) is 0 Å². The number of amides is 1. The van der Waals surface area contributed by atoms with Crippen LogP contribution in [0.15, 0.2) is 24.3 Å². The maximum Gasteiger partial charge on any atom is 0.408 e. The average molecular weight is 320 g/mol. The minimum Gasteiger partial charge on any atom is -0.550 e. The highest BCUT2D eigenvalue weighted by molar-refractivity contribution is 5.71. The van der Waals surface area contributed by atoms with Crippen LogP contribution in [0.2, 0.25) is 0 Å². The Bertz CT molecular complexity index is 529. The highest BCUT2D eigenvalue weighted by atomic mass is 16.6. The molecule has 0 aliphatic carbocycles. The normalized spacial score (nSPS) is 12.8. The zero-order chi connectivity index (χ0) is 17.6. The van der Waals surface area contributed by atoms with E-state index in [1.165, 1.54) is 5.56 Å². The van der Waals surface area contributed by atoms with E-state index >= 15 is 0 Å². The lowest BCUT2D eigenvalue weighted by molar-refractivity contribution is -0.306. The van der Waals surface area contributed by atoms with Gasteiger partial charge in [0.1, 0.15) is 5.60 Å². The third kappa shape index (κ3) is 7.68. The molecule has 1 rings (SSSR count). The van der Waals surface area contributed by atoms with Crippen LogP contribution in [0.4, 0.5) is 4.79 Å². The summed E-state index contributed by atoms with van der Waals surface area (Å²) in [6.07, 6.45) is 0.00301. The van der Waals surface area contributed by atoms with Crippen LogP contribution in [0, 0.1) is 5.92 Å². The largest absolute Gasteiger partial charge is 0.550 e. The molecular weight excluding hydrogens is 294 g/mol. The smallest absolute Gasteiger partial charge is 0.408 e. The molecule has 0 aliphatic heterocycles. The Labute approximate surface area is 138 Å². The summed E-state index contributed by atoms with van der Waals surface area (Å²) in [5.41, 5.74) is 1.25. The second-order valence-corrected chi connectivity index (χ2v) is 7.11. The van der Waals surface area contributed by atoms with Crippen LogP contribution < -0.4 is 10.4 Å². The lowest BCUT2D eigenvalue weighted by Crippen LogP contribution is -2.37. The van der Waals surface area contributed by atoms with Crippen molar-refractivity contribution < 1.29 is 19.4 Å². The number of benzene rings is 1. The van der Waals surface area contributed by atoms with Crippen LogP contribution in [0.5, 0.6) is 0 Å². The summed E-state index contributed by atoms with van der Waals surface area (Å²) in [6, 6.07) is 6.90. The van der Waals surface area contributed by atoms with Crippen molar-refractivity contribution in [3.63, 3.8) is 0 Å². The Morgan fingerprint density at radius 1 is 1.17 bits per heavy atom. The number of alkyl carbamates (subject to hydrolysis) is 1. The van der Waals surface area contributed by atoms with Crippen LogP contribution in [0.3, 0.4) is 0 Å². The Balaban J connectivity index is 2.85. The van der Waals surface area contributed by atoms with Gasteiger partial charge in [0.05, 0.1) is 6.04 Å². The molecule has 0 fully saturated rings. The van der Waals surface area contributed by atoms with Crippen molar-refractivity contribution >= 4 is 12.1 Å². The van der Waals surface area contributed by atoms with E-state index in [1.54, 1.807) is 20.8 Å². The molecule has 0 aliphatic rings. The number of hydrogen-bond donors (Lipinski definition) is 1. The number of rotatable bonds is 6. The van der Waals surface area contributed by atoms with Crippen LogP contribution >= 0.6 is 0 Å². The first-order chi connectivity index (χ1) is 10.6. The number of carbonyl (C=O) groups is 2. The quantitative estimate of drug-likeness (QED) is 0.874. The van der Waals surface area contributed by atoms with Gasteiger partial charge in [0.2, 0.25) is 0 Å². The molecule has 0 radical (unpaired) electrons. The highest BCUT2D eigenvalue weighted by Crippen LogP contribution is 2.19. The van der Waals surface area contributed by atoms with Crippen LogP contribution in [-0.4, -0.2) is 17.7 Å². The summed E-state index contributed by atoms with van der Waals surface area (Å²) in [5, 5.41) is 13.6. The fourth-order valence-electron chi connectivity index (χ4n) is 2.23. The Morgan fingerprint density at radius 2 is 1.74 bits per heavy atom. The van der Waals surface area contributed by atoms with Gasteiger partial charge < -0.3 is 20.0 Å². The number of nitrogens with one attached hydrogen (secondary N) is 1. The van der Waals surface area contributed by atoms with Crippen molar-refractivity contribution in [1.29, 1.82) is 0 Å². The van der Waals surface area contributed by atoms with Crippen molar-refractivity contribution in [3.8, 4) is 0 Å². The van der Waals surface area contributed by atoms with Gasteiger partial charge >= 0.3 is 6.09 Å². The monoisotopic (exact) mass is 320 g/mol. The number of hydrogen-bond acceptors (Lipinski definition) is 4. The predicted octanol–water partition coefficient (Wildman–Crippen LogP) is 2.59. The first kappa shape index (κ1) is 19.0. The predicted molar refractivity (Wildman–Crippen MR) is 86.7 cm³/mol. The Morgan fingerprint density at radius 3 is 2.17 bits per heavy atom. The van der Waals surface area contributed by atoms with Gasteiger partial charge in [-0.05, 0) is 44.2 Å². The molecule has 1 aromatic rings. The third-order valence-corrected chi connectivity index (χ3v) is 3.09. The van der Waals surface area contributed by atoms with Crippen molar-refractivity contribution in [3.05, 3.63) is 35.4 Å². The molecule has 1 N–H and O–H groups in total. The molecule has 0 heterocycles. The lowest BCUT2D eigenvalue weighted by atomic mass is 9.98. The van der Waals surface area contributed by atoms with Gasteiger partial charge in [0.25, 0.3) is 0 Å². The zero-order valence-electron chi connectivity index (χ0n) is 14.5. The maximum absolute atomic E-state index is 11.9. The molecule has 5 heteroatoms. The second-order valence-electron chi connectivity index (χ2n) is 7.11. The summed E-state index contributed by atoms with van der Waals surface area (Å²) in [5.74, 6) is -0.683. The summed E-state index contributed by atoms with van der Waals surface area (Å²) in [6.45, 7) is 9.52. The molecule has 0 unspecified atom stereocenters. The molecular formula is C18H26NO4-. The average Bonchev–Trinajstić information content (AvgIpc) is 2.35. The topological polar surface area (TPSA) is 78.5 Å². The van der Waals surface area contributed by atoms with Crippen molar-refractivity contribution in [2.24, 2.45) is 5.92 Å². The molecule has 1 aromatic carbocycles. The van der Waals surface area contributed by atoms with Gasteiger partial charge in [-0.25, -0.2) is 4.79 Å². The summed E-state index contributed by atoms with van der Waals surface area (Å²) in [7, 11) is 0. The minimum atomic E-state index is -1.22. The minimum absolute atomic E-state index is 0.303. The van der Waals surface area contributed by atoms with E-state index in [-0.39, 0.29) is 6.42 Å². The Hall–Kier alpha value is -2.04. The van der Waals surface area contributed by atoms with E-state index < -0.39 is 23.7 Å². The molecule has 23 heavy (non-hydrogen) atoms. The number of carboxylic acids is 1. The number of ether oxygens (including phenoxy) is 1.